The van der Waals surface area contributed by atoms with E-state index < -0.39 is 5.54 Å². The van der Waals surface area contributed by atoms with Gasteiger partial charge >= 0.3 is 0 Å². The van der Waals surface area contributed by atoms with Gasteiger partial charge < -0.3 is 5.32 Å². The van der Waals surface area contributed by atoms with Crippen molar-refractivity contribution >= 4 is 17.7 Å². The van der Waals surface area contributed by atoms with E-state index in [2.05, 4.69) is 26.4 Å². The van der Waals surface area contributed by atoms with Crippen molar-refractivity contribution in [3.8, 4) is 12.3 Å². The predicted molar refractivity (Wildman–Crippen MR) is 88.6 cm³/mol. The highest BCUT2D eigenvalue weighted by molar-refractivity contribution is 7.99. The summed E-state index contributed by atoms with van der Waals surface area (Å²) in [6.45, 7) is 3.97. The molecule has 0 aromatic carbocycles. The minimum absolute atomic E-state index is 0.0705. The van der Waals surface area contributed by atoms with Crippen LogP contribution in [0.5, 0.6) is 0 Å². The molecule has 6 heteroatoms. The summed E-state index contributed by atoms with van der Waals surface area (Å²) >= 11 is 1.35. The third kappa shape index (κ3) is 4.04. The molecule has 1 heterocycles. The van der Waals surface area contributed by atoms with Gasteiger partial charge in [-0.2, -0.15) is 0 Å². The first-order valence-electron chi connectivity index (χ1n) is 7.96. The molecule has 0 aliphatic heterocycles. The molecule has 5 nitrogen and oxygen atoms in total. The largest absolute Gasteiger partial charge is 0.339 e. The molecule has 1 aromatic rings. The number of nitrogens with zero attached hydrogens (tertiary/aromatic N) is 2. The molecule has 0 spiro atoms. The molecule has 22 heavy (non-hydrogen) atoms. The van der Waals surface area contributed by atoms with Gasteiger partial charge in [0.05, 0.1) is 5.75 Å². The van der Waals surface area contributed by atoms with Crippen molar-refractivity contribution in [3.05, 3.63) is 5.82 Å². The molecule has 0 radical (unpaired) electrons. The van der Waals surface area contributed by atoms with Gasteiger partial charge in [-0.1, -0.05) is 44.4 Å². The summed E-state index contributed by atoms with van der Waals surface area (Å²) in [6, 6.07) is 0. The highest BCUT2D eigenvalue weighted by Crippen LogP contribution is 2.32. The van der Waals surface area contributed by atoms with Crippen molar-refractivity contribution in [1.29, 1.82) is 0 Å². The van der Waals surface area contributed by atoms with E-state index >= 15 is 0 Å². The minimum atomic E-state index is -0.536. The zero-order valence-corrected chi connectivity index (χ0v) is 14.1. The molecule has 1 aromatic heterocycles. The topological polar surface area (TPSA) is 70.7 Å². The highest BCUT2D eigenvalue weighted by atomic mass is 32.2. The molecule has 1 aliphatic rings. The summed E-state index contributed by atoms with van der Waals surface area (Å²) in [7, 11) is 0. The molecule has 0 bridgehead atoms. The standard InChI is InChI=1S/C16H24N4OS/c1-4-16(5-2,6-3)18-13(21)11-22-15-17-14(19-20-15)12-9-7-8-10-12/h1,12H,5-11H2,2-3H3,(H,18,21)(H,17,19,20). The number of terminal acetylenes is 1. The molecular formula is C16H24N4OS. The van der Waals surface area contributed by atoms with Gasteiger partial charge in [0.2, 0.25) is 11.1 Å². The number of H-pyrrole nitrogens is 1. The number of carbonyl (C=O) groups excluding carboxylic acids is 1. The number of aromatic nitrogens is 3. The fraction of sp³-hybridized carbons (Fsp3) is 0.688. The molecule has 1 aliphatic carbocycles. The van der Waals surface area contributed by atoms with E-state index in [1.807, 2.05) is 13.8 Å². The van der Waals surface area contributed by atoms with Crippen LogP contribution in [-0.2, 0) is 4.79 Å². The highest BCUT2D eigenvalue weighted by Gasteiger charge is 2.25. The molecule has 1 saturated carbocycles. The van der Waals surface area contributed by atoms with Crippen LogP contribution in [0.25, 0.3) is 0 Å². The molecular weight excluding hydrogens is 296 g/mol. The van der Waals surface area contributed by atoms with Gasteiger partial charge in [-0.05, 0) is 25.7 Å². The summed E-state index contributed by atoms with van der Waals surface area (Å²) in [4.78, 5) is 16.6. The molecule has 0 unspecified atom stereocenters. The predicted octanol–water partition coefficient (Wildman–Crippen LogP) is 2.86. The summed E-state index contributed by atoms with van der Waals surface area (Å²) < 4.78 is 0. The van der Waals surface area contributed by atoms with E-state index in [9.17, 15) is 4.79 Å². The number of amides is 1. The first-order valence-corrected chi connectivity index (χ1v) is 8.95. The Morgan fingerprint density at radius 1 is 1.45 bits per heavy atom. The van der Waals surface area contributed by atoms with E-state index in [-0.39, 0.29) is 11.7 Å². The Morgan fingerprint density at radius 2 is 2.14 bits per heavy atom. The van der Waals surface area contributed by atoms with E-state index in [1.165, 1.54) is 37.4 Å². The minimum Gasteiger partial charge on any atom is -0.339 e. The summed E-state index contributed by atoms with van der Waals surface area (Å²) in [5.41, 5.74) is -0.536. The van der Waals surface area contributed by atoms with Crippen molar-refractivity contribution in [3.63, 3.8) is 0 Å². The van der Waals surface area contributed by atoms with Crippen molar-refractivity contribution in [2.45, 2.75) is 69.0 Å². The number of thioether (sulfide) groups is 1. The lowest BCUT2D eigenvalue weighted by Gasteiger charge is -2.26. The van der Waals surface area contributed by atoms with Crippen LogP contribution in [0.2, 0.25) is 0 Å². The van der Waals surface area contributed by atoms with Gasteiger partial charge in [0.15, 0.2) is 0 Å². The zero-order chi connectivity index (χ0) is 16.0. The maximum atomic E-state index is 12.1. The SMILES string of the molecule is C#CC(CC)(CC)NC(=O)CSc1n[nH]c(C2CCCC2)n1. The number of hydrogen-bond donors (Lipinski definition) is 2. The maximum Gasteiger partial charge on any atom is 0.231 e. The molecule has 0 saturated heterocycles. The third-order valence-electron chi connectivity index (χ3n) is 4.42. The Bertz CT molecular complexity index is 539. The first-order chi connectivity index (χ1) is 10.6. The van der Waals surface area contributed by atoms with Crippen LogP contribution in [0.15, 0.2) is 5.16 Å². The lowest BCUT2D eigenvalue weighted by molar-refractivity contribution is -0.119. The van der Waals surface area contributed by atoms with Gasteiger partial charge in [-0.25, -0.2) is 4.98 Å². The number of aromatic amines is 1. The van der Waals surface area contributed by atoms with Gasteiger partial charge in [-0.15, -0.1) is 11.5 Å². The van der Waals surface area contributed by atoms with Gasteiger partial charge in [-0.3, -0.25) is 9.89 Å². The van der Waals surface area contributed by atoms with Crippen LogP contribution in [0, 0.1) is 12.3 Å². The lowest BCUT2D eigenvalue weighted by atomic mass is 9.94. The molecule has 1 fully saturated rings. The van der Waals surface area contributed by atoms with Gasteiger partial charge in [0, 0.05) is 5.92 Å². The Morgan fingerprint density at radius 3 is 2.73 bits per heavy atom. The van der Waals surface area contributed by atoms with Crippen LogP contribution in [-0.4, -0.2) is 32.4 Å². The Balaban J connectivity index is 1.85. The number of hydrogen-bond acceptors (Lipinski definition) is 4. The zero-order valence-electron chi connectivity index (χ0n) is 13.3. The van der Waals surface area contributed by atoms with E-state index in [1.54, 1.807) is 0 Å². The van der Waals surface area contributed by atoms with Crippen LogP contribution in [0.4, 0.5) is 0 Å². The van der Waals surface area contributed by atoms with E-state index in [0.717, 1.165) is 18.7 Å². The Kier molecular flexibility index (Phi) is 5.90. The monoisotopic (exact) mass is 320 g/mol. The second-order valence-electron chi connectivity index (χ2n) is 5.76. The summed E-state index contributed by atoms with van der Waals surface area (Å²) in [5.74, 6) is 4.38. The molecule has 0 atom stereocenters. The van der Waals surface area contributed by atoms with E-state index in [0.29, 0.717) is 11.1 Å². The Hall–Kier alpha value is -1.48. The van der Waals surface area contributed by atoms with Gasteiger partial charge in [0.1, 0.15) is 11.4 Å². The normalized spacial score (nSPS) is 15.7. The average Bonchev–Trinajstić information content (AvgIpc) is 3.21. The fourth-order valence-electron chi connectivity index (χ4n) is 2.80. The van der Waals surface area contributed by atoms with Crippen molar-refractivity contribution in [1.82, 2.24) is 20.5 Å². The second kappa shape index (κ2) is 7.68. The molecule has 120 valence electrons. The smallest absolute Gasteiger partial charge is 0.231 e. The number of nitrogens with one attached hydrogen (secondary N) is 2. The number of rotatable bonds is 7. The quantitative estimate of drug-likeness (QED) is 0.598. The van der Waals surface area contributed by atoms with Crippen LogP contribution >= 0.6 is 11.8 Å². The third-order valence-corrected chi connectivity index (χ3v) is 5.27. The van der Waals surface area contributed by atoms with Crippen LogP contribution in [0.3, 0.4) is 0 Å². The Labute approximate surface area is 136 Å². The fourth-order valence-corrected chi connectivity index (χ4v) is 3.41. The van der Waals surface area contributed by atoms with Crippen molar-refractivity contribution in [2.24, 2.45) is 0 Å². The summed E-state index contributed by atoms with van der Waals surface area (Å²) in [5, 5.41) is 10.8. The van der Waals surface area contributed by atoms with Crippen LogP contribution < -0.4 is 5.32 Å². The van der Waals surface area contributed by atoms with Gasteiger partial charge in [0.25, 0.3) is 0 Å². The van der Waals surface area contributed by atoms with Crippen molar-refractivity contribution in [2.75, 3.05) is 5.75 Å². The molecule has 2 rings (SSSR count). The van der Waals surface area contributed by atoms with Crippen molar-refractivity contribution < 1.29 is 4.79 Å². The lowest BCUT2D eigenvalue weighted by Crippen LogP contribution is -2.47. The second-order valence-corrected chi connectivity index (χ2v) is 6.70. The van der Waals surface area contributed by atoms with Crippen LogP contribution in [0.1, 0.15) is 64.1 Å². The molecule has 1 amide bonds. The molecule has 2 N–H and O–H groups in total. The maximum absolute atomic E-state index is 12.1. The first kappa shape index (κ1) is 16.9. The summed E-state index contributed by atoms with van der Waals surface area (Å²) in [6.07, 6.45) is 11.9. The number of carbonyl (C=O) groups is 1. The average molecular weight is 320 g/mol. The van der Waals surface area contributed by atoms with E-state index in [4.69, 9.17) is 6.42 Å².